The standard InChI is InChI=1S/C23H29ClFN3O4S/c1-5-16(2)26-23(30)17(3)27(14-18-8-6-7-9-21(18)24)22(29)15-28(33(4,31)32)20-12-10-19(25)11-13-20/h6-13,16-17H,5,14-15H2,1-4H3,(H,26,30)/t16-,17-/m0/s1. The Morgan fingerprint density at radius 1 is 1.09 bits per heavy atom. The molecule has 0 saturated heterocycles. The van der Waals surface area contributed by atoms with Crippen molar-refractivity contribution in [2.75, 3.05) is 17.1 Å². The molecular weight excluding hydrogens is 469 g/mol. The topological polar surface area (TPSA) is 86.8 Å². The number of carbonyl (C=O) groups excluding carboxylic acids is 2. The van der Waals surface area contributed by atoms with Gasteiger partial charge in [-0.1, -0.05) is 36.7 Å². The summed E-state index contributed by atoms with van der Waals surface area (Å²) in [5, 5.41) is 3.27. The Labute approximate surface area is 199 Å². The van der Waals surface area contributed by atoms with Crippen LogP contribution in [0, 0.1) is 5.82 Å². The third-order valence-electron chi connectivity index (χ3n) is 5.26. The van der Waals surface area contributed by atoms with Gasteiger partial charge in [0.1, 0.15) is 18.4 Å². The molecule has 2 aromatic rings. The van der Waals surface area contributed by atoms with Gasteiger partial charge in [0.05, 0.1) is 11.9 Å². The number of hydrogen-bond donors (Lipinski definition) is 1. The number of nitrogens with one attached hydrogen (secondary N) is 1. The molecule has 2 rings (SSSR count). The van der Waals surface area contributed by atoms with Gasteiger partial charge in [-0.3, -0.25) is 13.9 Å². The fourth-order valence-corrected chi connectivity index (χ4v) is 4.12. The monoisotopic (exact) mass is 497 g/mol. The van der Waals surface area contributed by atoms with Crippen molar-refractivity contribution in [2.24, 2.45) is 0 Å². The second kappa shape index (κ2) is 11.5. The zero-order valence-electron chi connectivity index (χ0n) is 19.1. The Kier molecular flexibility index (Phi) is 9.25. The molecule has 0 fully saturated rings. The van der Waals surface area contributed by atoms with Crippen LogP contribution in [0.5, 0.6) is 0 Å². The van der Waals surface area contributed by atoms with E-state index in [-0.39, 0.29) is 24.2 Å². The van der Waals surface area contributed by atoms with Crippen LogP contribution in [-0.4, -0.2) is 50.0 Å². The van der Waals surface area contributed by atoms with Crippen molar-refractivity contribution in [1.29, 1.82) is 0 Å². The van der Waals surface area contributed by atoms with Gasteiger partial charge in [0.2, 0.25) is 21.8 Å². The zero-order valence-corrected chi connectivity index (χ0v) is 20.7. The first kappa shape index (κ1) is 26.6. The summed E-state index contributed by atoms with van der Waals surface area (Å²) in [6.07, 6.45) is 1.67. The van der Waals surface area contributed by atoms with E-state index in [0.717, 1.165) is 22.7 Å². The van der Waals surface area contributed by atoms with Crippen molar-refractivity contribution < 1.29 is 22.4 Å². The van der Waals surface area contributed by atoms with Gasteiger partial charge in [-0.25, -0.2) is 12.8 Å². The van der Waals surface area contributed by atoms with E-state index >= 15 is 0 Å². The molecule has 0 aliphatic rings. The molecule has 2 amide bonds. The molecule has 33 heavy (non-hydrogen) atoms. The molecule has 0 aliphatic carbocycles. The molecule has 1 N–H and O–H groups in total. The first-order valence-electron chi connectivity index (χ1n) is 10.5. The van der Waals surface area contributed by atoms with Crippen LogP contribution in [-0.2, 0) is 26.2 Å². The number of amides is 2. The molecule has 0 unspecified atom stereocenters. The van der Waals surface area contributed by atoms with E-state index in [1.165, 1.54) is 17.0 Å². The molecule has 180 valence electrons. The van der Waals surface area contributed by atoms with Crippen molar-refractivity contribution in [1.82, 2.24) is 10.2 Å². The lowest BCUT2D eigenvalue weighted by atomic mass is 10.1. The lowest BCUT2D eigenvalue weighted by Gasteiger charge is -2.32. The number of sulfonamides is 1. The van der Waals surface area contributed by atoms with Gasteiger partial charge in [-0.05, 0) is 56.2 Å². The highest BCUT2D eigenvalue weighted by Crippen LogP contribution is 2.21. The van der Waals surface area contributed by atoms with Gasteiger partial charge in [-0.2, -0.15) is 0 Å². The summed E-state index contributed by atoms with van der Waals surface area (Å²) in [5.74, 6) is -1.50. The largest absolute Gasteiger partial charge is 0.352 e. The predicted octanol–water partition coefficient (Wildman–Crippen LogP) is 3.58. The maximum atomic E-state index is 13.4. The lowest BCUT2D eigenvalue weighted by molar-refractivity contribution is -0.139. The number of rotatable bonds is 10. The first-order chi connectivity index (χ1) is 15.4. The molecule has 0 spiro atoms. The number of anilines is 1. The highest BCUT2D eigenvalue weighted by molar-refractivity contribution is 7.92. The van der Waals surface area contributed by atoms with E-state index in [0.29, 0.717) is 17.0 Å². The number of hydrogen-bond acceptors (Lipinski definition) is 4. The van der Waals surface area contributed by atoms with Gasteiger partial charge in [0.15, 0.2) is 0 Å². The van der Waals surface area contributed by atoms with Crippen molar-refractivity contribution in [3.8, 4) is 0 Å². The number of nitrogens with zero attached hydrogens (tertiary/aromatic N) is 2. The molecule has 0 aromatic heterocycles. The molecular formula is C23H29ClFN3O4S. The average molecular weight is 498 g/mol. The minimum atomic E-state index is -3.87. The zero-order chi connectivity index (χ0) is 24.8. The second-order valence-corrected chi connectivity index (χ2v) is 10.2. The number of carbonyl (C=O) groups is 2. The van der Waals surface area contributed by atoms with Gasteiger partial charge >= 0.3 is 0 Å². The summed E-state index contributed by atoms with van der Waals surface area (Å²) in [7, 11) is -3.87. The molecule has 0 heterocycles. The smallest absolute Gasteiger partial charge is 0.244 e. The van der Waals surface area contributed by atoms with Crippen LogP contribution < -0.4 is 9.62 Å². The summed E-state index contributed by atoms with van der Waals surface area (Å²) in [4.78, 5) is 27.5. The van der Waals surface area contributed by atoms with Crippen LogP contribution in [0.25, 0.3) is 0 Å². The number of halogens is 2. The summed E-state index contributed by atoms with van der Waals surface area (Å²) < 4.78 is 39.1. The third-order valence-corrected chi connectivity index (χ3v) is 6.77. The molecule has 2 aromatic carbocycles. The van der Waals surface area contributed by atoms with Crippen LogP contribution in [0.3, 0.4) is 0 Å². The summed E-state index contributed by atoms with van der Waals surface area (Å²) in [6, 6.07) is 10.7. The Hall–Kier alpha value is -2.65. The predicted molar refractivity (Wildman–Crippen MR) is 128 cm³/mol. The average Bonchev–Trinajstić information content (AvgIpc) is 2.76. The SMILES string of the molecule is CC[C@H](C)NC(=O)[C@H](C)N(Cc1ccccc1Cl)C(=O)CN(c1ccc(F)cc1)S(C)(=O)=O. The molecule has 0 bridgehead atoms. The van der Waals surface area contributed by atoms with E-state index in [1.54, 1.807) is 31.2 Å². The van der Waals surface area contributed by atoms with Gasteiger partial charge in [-0.15, -0.1) is 0 Å². The summed E-state index contributed by atoms with van der Waals surface area (Å²) in [6.45, 7) is 4.80. The minimum absolute atomic E-state index is 0.00855. The quantitative estimate of drug-likeness (QED) is 0.543. The van der Waals surface area contributed by atoms with Gasteiger partial charge in [0.25, 0.3) is 0 Å². The highest BCUT2D eigenvalue weighted by Gasteiger charge is 2.30. The highest BCUT2D eigenvalue weighted by atomic mass is 35.5. The fraction of sp³-hybridized carbons (Fsp3) is 0.391. The van der Waals surface area contributed by atoms with Crippen molar-refractivity contribution in [3.05, 3.63) is 64.9 Å². The van der Waals surface area contributed by atoms with Crippen LogP contribution in [0.4, 0.5) is 10.1 Å². The van der Waals surface area contributed by atoms with E-state index in [4.69, 9.17) is 11.6 Å². The van der Waals surface area contributed by atoms with Gasteiger partial charge < -0.3 is 10.2 Å². The molecule has 2 atom stereocenters. The van der Waals surface area contributed by atoms with Gasteiger partial charge in [0, 0.05) is 17.6 Å². The Morgan fingerprint density at radius 2 is 1.70 bits per heavy atom. The van der Waals surface area contributed by atoms with E-state index in [2.05, 4.69) is 5.32 Å². The maximum Gasteiger partial charge on any atom is 0.244 e. The molecule has 0 radical (unpaired) electrons. The molecule has 0 aliphatic heterocycles. The minimum Gasteiger partial charge on any atom is -0.352 e. The second-order valence-electron chi connectivity index (χ2n) is 7.85. The molecule has 0 saturated carbocycles. The van der Waals surface area contributed by atoms with Crippen LogP contribution in [0.2, 0.25) is 5.02 Å². The molecule has 10 heteroatoms. The van der Waals surface area contributed by atoms with Crippen molar-refractivity contribution in [3.63, 3.8) is 0 Å². The van der Waals surface area contributed by atoms with Crippen molar-refractivity contribution in [2.45, 2.75) is 45.8 Å². The maximum absolute atomic E-state index is 13.4. The first-order valence-corrected chi connectivity index (χ1v) is 12.7. The summed E-state index contributed by atoms with van der Waals surface area (Å²) in [5.41, 5.74) is 0.755. The van der Waals surface area contributed by atoms with Crippen LogP contribution in [0.15, 0.2) is 48.5 Å². The molecule has 7 nitrogen and oxygen atoms in total. The lowest BCUT2D eigenvalue weighted by Crippen LogP contribution is -2.52. The van der Waals surface area contributed by atoms with E-state index in [9.17, 15) is 22.4 Å². The Balaban J connectivity index is 2.39. The summed E-state index contributed by atoms with van der Waals surface area (Å²) >= 11 is 6.27. The Bertz CT molecular complexity index is 1080. The third kappa shape index (κ3) is 7.43. The Morgan fingerprint density at radius 3 is 2.24 bits per heavy atom. The normalized spacial score (nSPS) is 13.2. The van der Waals surface area contributed by atoms with Crippen LogP contribution >= 0.6 is 11.6 Å². The van der Waals surface area contributed by atoms with E-state index < -0.39 is 34.3 Å². The van der Waals surface area contributed by atoms with E-state index in [1.807, 2.05) is 13.8 Å². The fourth-order valence-electron chi connectivity index (χ4n) is 3.08. The van der Waals surface area contributed by atoms with Crippen LogP contribution in [0.1, 0.15) is 32.8 Å². The van der Waals surface area contributed by atoms with Crippen molar-refractivity contribution >= 4 is 39.1 Å². The number of benzene rings is 2.